The molecule has 2 aromatic heterocycles. The van der Waals surface area contributed by atoms with E-state index < -0.39 is 16.9 Å². The van der Waals surface area contributed by atoms with Crippen LogP contribution in [0.5, 0.6) is 0 Å². The third-order valence-corrected chi connectivity index (χ3v) is 7.59. The van der Waals surface area contributed by atoms with Crippen LogP contribution in [0.2, 0.25) is 5.02 Å². The van der Waals surface area contributed by atoms with E-state index in [0.29, 0.717) is 48.3 Å². The van der Waals surface area contributed by atoms with E-state index in [1.807, 2.05) is 0 Å². The number of esters is 1. The van der Waals surface area contributed by atoms with E-state index >= 15 is 0 Å². The number of fused-ring (bicyclic) bond motifs is 1. The molecule has 1 unspecified atom stereocenters. The van der Waals surface area contributed by atoms with Crippen molar-refractivity contribution in [2.75, 3.05) is 0 Å². The first-order chi connectivity index (χ1) is 19.0. The molecule has 204 valence electrons. The van der Waals surface area contributed by atoms with Gasteiger partial charge in [-0.3, -0.25) is 19.5 Å². The molecule has 0 N–H and O–H groups in total. The SMILES string of the molecule is CC1=C(C(=O)OC(C)C)C(c2ccc(Cl)cc2)n2c(s/c(=C\c3ccc(-c4ccc([N+](=O)[O-])cc4C)o3)c2=O)=N1. The molecule has 0 spiro atoms. The molecule has 3 heterocycles. The van der Waals surface area contributed by atoms with Crippen molar-refractivity contribution in [3.05, 3.63) is 118 Å². The van der Waals surface area contributed by atoms with Crippen LogP contribution in [0, 0.1) is 17.0 Å². The van der Waals surface area contributed by atoms with Crippen LogP contribution in [-0.4, -0.2) is 21.6 Å². The summed E-state index contributed by atoms with van der Waals surface area (Å²) in [5.74, 6) is 0.399. The Kier molecular flexibility index (Phi) is 7.31. The van der Waals surface area contributed by atoms with E-state index in [9.17, 15) is 19.7 Å². The largest absolute Gasteiger partial charge is 0.459 e. The molecule has 0 saturated carbocycles. The molecule has 1 aliphatic heterocycles. The summed E-state index contributed by atoms with van der Waals surface area (Å²) in [6.07, 6.45) is 1.27. The van der Waals surface area contributed by atoms with Crippen LogP contribution < -0.4 is 14.9 Å². The van der Waals surface area contributed by atoms with Crippen LogP contribution in [0.1, 0.15) is 43.7 Å². The van der Waals surface area contributed by atoms with Gasteiger partial charge in [-0.05, 0) is 69.2 Å². The molecule has 0 saturated heterocycles. The Bertz CT molecular complexity index is 1860. The van der Waals surface area contributed by atoms with E-state index in [-0.39, 0.29) is 22.9 Å². The zero-order valence-electron chi connectivity index (χ0n) is 22.0. The molecule has 0 bridgehead atoms. The fraction of sp³-hybridized carbons (Fsp3) is 0.207. The predicted molar refractivity (Wildman–Crippen MR) is 152 cm³/mol. The summed E-state index contributed by atoms with van der Waals surface area (Å²) in [6.45, 7) is 7.01. The molecule has 5 rings (SSSR count). The number of allylic oxidation sites excluding steroid dienone is 1. The first kappa shape index (κ1) is 27.3. The van der Waals surface area contributed by atoms with Gasteiger partial charge in [0.1, 0.15) is 11.5 Å². The highest BCUT2D eigenvalue weighted by atomic mass is 35.5. The quantitative estimate of drug-likeness (QED) is 0.174. The van der Waals surface area contributed by atoms with Gasteiger partial charge in [0.05, 0.1) is 32.9 Å². The van der Waals surface area contributed by atoms with Crippen molar-refractivity contribution in [1.82, 2.24) is 4.57 Å². The smallest absolute Gasteiger partial charge is 0.338 e. The van der Waals surface area contributed by atoms with Crippen molar-refractivity contribution in [1.29, 1.82) is 0 Å². The number of hydrogen-bond acceptors (Lipinski definition) is 8. The molecule has 0 amide bonds. The fourth-order valence-electron chi connectivity index (χ4n) is 4.56. The van der Waals surface area contributed by atoms with Gasteiger partial charge in [0, 0.05) is 28.8 Å². The van der Waals surface area contributed by atoms with Gasteiger partial charge < -0.3 is 9.15 Å². The van der Waals surface area contributed by atoms with Crippen LogP contribution in [0.4, 0.5) is 5.69 Å². The lowest BCUT2D eigenvalue weighted by molar-refractivity contribution is -0.384. The van der Waals surface area contributed by atoms with E-state index in [1.165, 1.54) is 28.0 Å². The number of benzene rings is 2. The van der Waals surface area contributed by atoms with Gasteiger partial charge in [-0.15, -0.1) is 0 Å². The summed E-state index contributed by atoms with van der Waals surface area (Å²) in [4.78, 5) is 42.6. The van der Waals surface area contributed by atoms with Crippen LogP contribution in [0.3, 0.4) is 0 Å². The molecule has 1 aliphatic rings. The Morgan fingerprint density at radius 1 is 1.18 bits per heavy atom. The van der Waals surface area contributed by atoms with Gasteiger partial charge in [0.2, 0.25) is 0 Å². The molecule has 9 nitrogen and oxygen atoms in total. The van der Waals surface area contributed by atoms with Crippen molar-refractivity contribution in [2.24, 2.45) is 4.99 Å². The molecular weight excluding hydrogens is 554 g/mol. The van der Waals surface area contributed by atoms with Crippen molar-refractivity contribution in [3.63, 3.8) is 0 Å². The standard InChI is InChI=1S/C29H24ClN3O6S/c1-15(2)38-28(35)25-17(4)31-29-32(26(25)18-5-7-19(30)8-6-18)27(34)24(40-29)14-21-10-12-23(39-21)22-11-9-20(33(36)37)13-16(22)3/h5-15,26H,1-4H3/b24-14-. The summed E-state index contributed by atoms with van der Waals surface area (Å²) < 4.78 is 13.4. The number of thiazole rings is 1. The number of nitrogens with zero attached hydrogens (tertiary/aromatic N) is 3. The van der Waals surface area contributed by atoms with Gasteiger partial charge in [-0.2, -0.15) is 0 Å². The minimum atomic E-state index is -0.753. The Morgan fingerprint density at radius 2 is 1.90 bits per heavy atom. The topological polar surface area (TPSA) is 117 Å². The summed E-state index contributed by atoms with van der Waals surface area (Å²) in [5.41, 5.74) is 2.49. The number of nitro groups is 1. The molecule has 40 heavy (non-hydrogen) atoms. The zero-order chi connectivity index (χ0) is 28.7. The number of aryl methyl sites for hydroxylation is 1. The Labute approximate surface area is 237 Å². The number of rotatable bonds is 6. The van der Waals surface area contributed by atoms with Crippen LogP contribution in [-0.2, 0) is 9.53 Å². The highest BCUT2D eigenvalue weighted by Crippen LogP contribution is 2.32. The highest BCUT2D eigenvalue weighted by molar-refractivity contribution is 7.07. The number of non-ortho nitro benzene ring substituents is 1. The van der Waals surface area contributed by atoms with Crippen molar-refractivity contribution in [2.45, 2.75) is 39.8 Å². The second kappa shape index (κ2) is 10.7. The zero-order valence-corrected chi connectivity index (χ0v) is 23.6. The van der Waals surface area contributed by atoms with Gasteiger partial charge >= 0.3 is 5.97 Å². The van der Waals surface area contributed by atoms with Crippen LogP contribution in [0.25, 0.3) is 17.4 Å². The number of furan rings is 1. The van der Waals surface area contributed by atoms with E-state index in [4.69, 9.17) is 20.8 Å². The predicted octanol–water partition coefficient (Wildman–Crippen LogP) is 5.32. The monoisotopic (exact) mass is 577 g/mol. The maximum absolute atomic E-state index is 13.8. The van der Waals surface area contributed by atoms with E-state index in [1.54, 1.807) is 76.2 Å². The Morgan fingerprint density at radius 3 is 2.55 bits per heavy atom. The molecule has 0 aliphatic carbocycles. The van der Waals surface area contributed by atoms with E-state index in [0.717, 1.165) is 0 Å². The second-order valence-corrected chi connectivity index (χ2v) is 11.0. The normalized spacial score (nSPS) is 15.2. The summed E-state index contributed by atoms with van der Waals surface area (Å²) in [5, 5.41) is 11.6. The highest BCUT2D eigenvalue weighted by Gasteiger charge is 2.33. The lowest BCUT2D eigenvalue weighted by Crippen LogP contribution is -2.40. The van der Waals surface area contributed by atoms with Gasteiger partial charge in [0.25, 0.3) is 11.2 Å². The first-order valence-corrected chi connectivity index (χ1v) is 13.6. The third kappa shape index (κ3) is 5.15. The molecule has 11 heteroatoms. The van der Waals surface area contributed by atoms with Gasteiger partial charge in [-0.25, -0.2) is 9.79 Å². The van der Waals surface area contributed by atoms with Gasteiger partial charge in [0.15, 0.2) is 4.80 Å². The lowest BCUT2D eigenvalue weighted by Gasteiger charge is -2.25. The number of carbonyl (C=O) groups excluding carboxylic acids is 1. The molecule has 1 atom stereocenters. The minimum absolute atomic E-state index is 0.00341. The number of halogens is 1. The molecular formula is C29H24ClN3O6S. The number of nitro benzene ring substituents is 1. The van der Waals surface area contributed by atoms with E-state index in [2.05, 4.69) is 4.99 Å². The van der Waals surface area contributed by atoms with Crippen molar-refractivity contribution in [3.8, 4) is 11.3 Å². The second-order valence-electron chi connectivity index (χ2n) is 9.55. The summed E-state index contributed by atoms with van der Waals surface area (Å²) in [7, 11) is 0. The Balaban J connectivity index is 1.60. The van der Waals surface area contributed by atoms with Crippen LogP contribution in [0.15, 0.2) is 80.1 Å². The average Bonchev–Trinajstić information content (AvgIpc) is 3.47. The molecule has 0 fully saturated rings. The summed E-state index contributed by atoms with van der Waals surface area (Å²) >= 11 is 7.30. The average molecular weight is 578 g/mol. The Hall–Kier alpha value is -4.28. The first-order valence-electron chi connectivity index (χ1n) is 12.4. The van der Waals surface area contributed by atoms with Crippen molar-refractivity contribution >= 4 is 40.7 Å². The molecule has 0 radical (unpaired) electrons. The maximum atomic E-state index is 13.8. The van der Waals surface area contributed by atoms with Gasteiger partial charge in [-0.1, -0.05) is 35.1 Å². The minimum Gasteiger partial charge on any atom is -0.459 e. The number of ether oxygens (including phenoxy) is 1. The van der Waals surface area contributed by atoms with Crippen molar-refractivity contribution < 1.29 is 18.9 Å². The maximum Gasteiger partial charge on any atom is 0.338 e. The molecule has 2 aromatic carbocycles. The number of hydrogen-bond donors (Lipinski definition) is 0. The van der Waals surface area contributed by atoms with Crippen LogP contribution >= 0.6 is 22.9 Å². The molecule has 4 aromatic rings. The number of aromatic nitrogens is 1. The fourth-order valence-corrected chi connectivity index (χ4v) is 5.72. The summed E-state index contributed by atoms with van der Waals surface area (Å²) in [6, 6.07) is 14.2. The lowest BCUT2D eigenvalue weighted by atomic mass is 9.96. The number of carbonyl (C=O) groups is 1. The third-order valence-electron chi connectivity index (χ3n) is 6.36.